The van der Waals surface area contributed by atoms with Crippen LogP contribution in [0, 0.1) is 0 Å². The lowest BCUT2D eigenvalue weighted by Gasteiger charge is -2.13. The molecule has 0 unspecified atom stereocenters. The van der Waals surface area contributed by atoms with Crippen molar-refractivity contribution in [1.29, 1.82) is 0 Å². The highest BCUT2D eigenvalue weighted by Crippen LogP contribution is 2.27. The highest BCUT2D eigenvalue weighted by molar-refractivity contribution is 5.82. The van der Waals surface area contributed by atoms with Gasteiger partial charge in [-0.25, -0.2) is 0 Å². The molecular formula is C6H7F3N2. The lowest BCUT2D eigenvalue weighted by molar-refractivity contribution is -0.0924. The Bertz CT molecular complexity index is 214. The SMILES string of the molecule is NC1=NCC(C(F)(F)F)=CC1. The zero-order valence-electron chi connectivity index (χ0n) is 5.65. The van der Waals surface area contributed by atoms with Gasteiger partial charge in [-0.15, -0.1) is 0 Å². The number of amidine groups is 1. The van der Waals surface area contributed by atoms with E-state index in [2.05, 4.69) is 4.99 Å². The molecule has 1 rings (SSSR count). The van der Waals surface area contributed by atoms with Gasteiger partial charge in [0.2, 0.25) is 0 Å². The highest BCUT2D eigenvalue weighted by atomic mass is 19.4. The van der Waals surface area contributed by atoms with Crippen molar-refractivity contribution in [2.75, 3.05) is 6.54 Å². The van der Waals surface area contributed by atoms with E-state index >= 15 is 0 Å². The highest BCUT2D eigenvalue weighted by Gasteiger charge is 2.33. The molecule has 0 saturated heterocycles. The zero-order chi connectivity index (χ0) is 8.48. The van der Waals surface area contributed by atoms with Crippen LogP contribution in [-0.2, 0) is 0 Å². The normalized spacial score (nSPS) is 19.2. The topological polar surface area (TPSA) is 38.4 Å². The summed E-state index contributed by atoms with van der Waals surface area (Å²) in [7, 11) is 0. The number of dihydropyridines is 1. The van der Waals surface area contributed by atoms with Crippen molar-refractivity contribution in [2.45, 2.75) is 12.6 Å². The lowest BCUT2D eigenvalue weighted by atomic mass is 10.1. The van der Waals surface area contributed by atoms with Gasteiger partial charge in [-0.05, 0) is 0 Å². The molecule has 0 aromatic carbocycles. The van der Waals surface area contributed by atoms with E-state index in [1.165, 1.54) is 0 Å². The van der Waals surface area contributed by atoms with E-state index in [0.29, 0.717) is 0 Å². The number of hydrogen-bond donors (Lipinski definition) is 1. The van der Waals surface area contributed by atoms with E-state index in [-0.39, 0.29) is 18.8 Å². The Hall–Kier alpha value is -1.00. The smallest absolute Gasteiger partial charge is 0.387 e. The number of halogens is 3. The van der Waals surface area contributed by atoms with Crippen molar-refractivity contribution in [2.24, 2.45) is 10.7 Å². The third kappa shape index (κ3) is 1.96. The van der Waals surface area contributed by atoms with Crippen LogP contribution >= 0.6 is 0 Å². The van der Waals surface area contributed by atoms with Crippen molar-refractivity contribution < 1.29 is 13.2 Å². The molecule has 0 aliphatic carbocycles. The number of nitrogens with zero attached hydrogens (tertiary/aromatic N) is 1. The minimum atomic E-state index is -4.25. The summed E-state index contributed by atoms with van der Waals surface area (Å²) >= 11 is 0. The van der Waals surface area contributed by atoms with Gasteiger partial charge >= 0.3 is 6.18 Å². The molecule has 62 valence electrons. The quantitative estimate of drug-likeness (QED) is 0.537. The summed E-state index contributed by atoms with van der Waals surface area (Å²) in [6, 6.07) is 0. The monoisotopic (exact) mass is 164 g/mol. The Balaban J connectivity index is 2.66. The Morgan fingerprint density at radius 2 is 2.09 bits per heavy atom. The number of rotatable bonds is 0. The maximum atomic E-state index is 11.9. The predicted octanol–water partition coefficient (Wildman–Crippen LogP) is 1.24. The third-order valence-corrected chi connectivity index (χ3v) is 1.37. The third-order valence-electron chi connectivity index (χ3n) is 1.37. The number of hydrogen-bond acceptors (Lipinski definition) is 2. The van der Waals surface area contributed by atoms with Gasteiger partial charge in [0, 0.05) is 6.42 Å². The summed E-state index contributed by atoms with van der Waals surface area (Å²) in [5.41, 5.74) is 4.57. The van der Waals surface area contributed by atoms with Crippen LogP contribution in [0.25, 0.3) is 0 Å². The van der Waals surface area contributed by atoms with Crippen molar-refractivity contribution >= 4 is 5.84 Å². The minimum Gasteiger partial charge on any atom is -0.387 e. The Kier molecular flexibility index (Phi) is 1.89. The van der Waals surface area contributed by atoms with Crippen LogP contribution in [0.3, 0.4) is 0 Å². The fourth-order valence-electron chi connectivity index (χ4n) is 0.749. The molecule has 2 N–H and O–H groups in total. The molecule has 11 heavy (non-hydrogen) atoms. The molecule has 0 radical (unpaired) electrons. The Morgan fingerprint density at radius 1 is 1.45 bits per heavy atom. The fraction of sp³-hybridized carbons (Fsp3) is 0.500. The average molecular weight is 164 g/mol. The summed E-state index contributed by atoms with van der Waals surface area (Å²) in [4.78, 5) is 3.48. The van der Waals surface area contributed by atoms with Gasteiger partial charge in [0.1, 0.15) is 0 Å². The standard InChI is InChI=1S/C6H7F3N2/c7-6(8,9)4-1-2-5(10)11-3-4/h1H,2-3H2,(H2,10,11). The molecule has 2 nitrogen and oxygen atoms in total. The fourth-order valence-corrected chi connectivity index (χ4v) is 0.749. The Morgan fingerprint density at radius 3 is 2.45 bits per heavy atom. The van der Waals surface area contributed by atoms with Crippen molar-refractivity contribution in [1.82, 2.24) is 0 Å². The van der Waals surface area contributed by atoms with Gasteiger partial charge in [-0.2, -0.15) is 13.2 Å². The van der Waals surface area contributed by atoms with E-state index in [1.54, 1.807) is 0 Å². The van der Waals surface area contributed by atoms with E-state index < -0.39 is 11.7 Å². The number of aliphatic imine (C=N–C) groups is 1. The summed E-state index contributed by atoms with van der Waals surface area (Å²) < 4.78 is 35.7. The molecule has 0 fully saturated rings. The van der Waals surface area contributed by atoms with Crippen LogP contribution < -0.4 is 5.73 Å². The first-order chi connectivity index (χ1) is 5.00. The van der Waals surface area contributed by atoms with Gasteiger partial charge in [0.15, 0.2) is 0 Å². The second-order valence-corrected chi connectivity index (χ2v) is 2.24. The first kappa shape index (κ1) is 8.10. The van der Waals surface area contributed by atoms with E-state index in [1.807, 2.05) is 0 Å². The number of nitrogens with two attached hydrogens (primary N) is 1. The van der Waals surface area contributed by atoms with Crippen LogP contribution in [0.2, 0.25) is 0 Å². The van der Waals surface area contributed by atoms with Gasteiger partial charge in [-0.1, -0.05) is 6.08 Å². The summed E-state index contributed by atoms with van der Waals surface area (Å²) in [6.45, 7) is -0.338. The molecular weight excluding hydrogens is 157 g/mol. The van der Waals surface area contributed by atoms with E-state index in [9.17, 15) is 13.2 Å². The molecule has 0 amide bonds. The molecule has 0 atom stereocenters. The molecule has 1 heterocycles. The molecule has 0 bridgehead atoms. The average Bonchev–Trinajstić information content (AvgIpc) is 1.86. The van der Waals surface area contributed by atoms with Crippen molar-refractivity contribution in [3.63, 3.8) is 0 Å². The molecule has 1 aliphatic rings. The Labute approximate surface area is 61.6 Å². The summed E-state index contributed by atoms with van der Waals surface area (Å²) in [6.07, 6.45) is -3.07. The van der Waals surface area contributed by atoms with Crippen LogP contribution in [0.4, 0.5) is 13.2 Å². The van der Waals surface area contributed by atoms with Crippen LogP contribution in [-0.4, -0.2) is 18.6 Å². The number of alkyl halides is 3. The van der Waals surface area contributed by atoms with Gasteiger partial charge in [0.25, 0.3) is 0 Å². The largest absolute Gasteiger partial charge is 0.414 e. The maximum Gasteiger partial charge on any atom is 0.414 e. The summed E-state index contributed by atoms with van der Waals surface area (Å²) in [5.74, 6) is 0.262. The molecule has 0 aromatic rings. The molecule has 0 spiro atoms. The molecule has 0 aromatic heterocycles. The van der Waals surface area contributed by atoms with Gasteiger partial charge in [0.05, 0.1) is 18.0 Å². The van der Waals surface area contributed by atoms with Crippen LogP contribution in [0.5, 0.6) is 0 Å². The molecule has 0 saturated carbocycles. The van der Waals surface area contributed by atoms with Crippen LogP contribution in [0.1, 0.15) is 6.42 Å². The molecule has 1 aliphatic heterocycles. The van der Waals surface area contributed by atoms with Crippen LogP contribution in [0.15, 0.2) is 16.6 Å². The van der Waals surface area contributed by atoms with Crippen molar-refractivity contribution in [3.8, 4) is 0 Å². The zero-order valence-corrected chi connectivity index (χ0v) is 5.65. The minimum absolute atomic E-state index is 0.106. The molecule has 5 heteroatoms. The predicted molar refractivity (Wildman–Crippen MR) is 35.2 cm³/mol. The second kappa shape index (κ2) is 2.56. The van der Waals surface area contributed by atoms with E-state index in [0.717, 1.165) is 6.08 Å². The maximum absolute atomic E-state index is 11.9. The first-order valence-electron chi connectivity index (χ1n) is 3.05. The van der Waals surface area contributed by atoms with Crippen molar-refractivity contribution in [3.05, 3.63) is 11.6 Å². The van der Waals surface area contributed by atoms with Gasteiger partial charge < -0.3 is 5.73 Å². The van der Waals surface area contributed by atoms with E-state index in [4.69, 9.17) is 5.73 Å². The second-order valence-electron chi connectivity index (χ2n) is 2.24. The summed E-state index contributed by atoms with van der Waals surface area (Å²) in [5, 5.41) is 0. The first-order valence-corrected chi connectivity index (χ1v) is 3.05. The lowest BCUT2D eigenvalue weighted by Crippen LogP contribution is -2.22. The van der Waals surface area contributed by atoms with Gasteiger partial charge in [-0.3, -0.25) is 4.99 Å².